The Hall–Kier alpha value is -5.15. The van der Waals surface area contributed by atoms with E-state index in [9.17, 15) is 0 Å². The quantitative estimate of drug-likeness (QED) is 0.218. The van der Waals surface area contributed by atoms with Gasteiger partial charge in [0.05, 0.1) is 22.1 Å². The van der Waals surface area contributed by atoms with Gasteiger partial charge in [-0.25, -0.2) is 4.98 Å². The maximum Gasteiger partial charge on any atom is 0.137 e. The first kappa shape index (κ1) is 24.6. The van der Waals surface area contributed by atoms with Crippen molar-refractivity contribution in [2.24, 2.45) is 0 Å². The van der Waals surface area contributed by atoms with Gasteiger partial charge >= 0.3 is 0 Å². The molecule has 0 unspecified atom stereocenters. The Kier molecular flexibility index (Phi) is 5.39. The number of fused-ring (bicyclic) bond motifs is 6. The molecule has 0 aliphatic heterocycles. The van der Waals surface area contributed by atoms with Crippen molar-refractivity contribution >= 4 is 43.6 Å². The molecule has 0 bridgehead atoms. The highest BCUT2D eigenvalue weighted by Gasteiger charge is 2.20. The molecular formula is C39H31N3. The van der Waals surface area contributed by atoms with Gasteiger partial charge in [0.1, 0.15) is 5.82 Å². The van der Waals surface area contributed by atoms with Crippen LogP contribution in [0.3, 0.4) is 0 Å². The van der Waals surface area contributed by atoms with E-state index in [2.05, 4.69) is 157 Å². The van der Waals surface area contributed by atoms with Gasteiger partial charge in [0.2, 0.25) is 0 Å². The van der Waals surface area contributed by atoms with Crippen LogP contribution in [0.15, 0.2) is 134 Å². The third-order valence-electron chi connectivity index (χ3n) is 8.53. The number of hydrogen-bond acceptors (Lipinski definition) is 1. The summed E-state index contributed by atoms with van der Waals surface area (Å²) in [6.45, 7) is 6.75. The first-order valence-electron chi connectivity index (χ1n) is 14.6. The molecule has 3 aromatic heterocycles. The number of pyridine rings is 1. The second-order valence-corrected chi connectivity index (χ2v) is 12.1. The predicted molar refractivity (Wildman–Crippen MR) is 177 cm³/mol. The zero-order valence-electron chi connectivity index (χ0n) is 24.0. The summed E-state index contributed by atoms with van der Waals surface area (Å²) < 4.78 is 4.72. The number of hydrogen-bond donors (Lipinski definition) is 0. The molecule has 0 fully saturated rings. The summed E-state index contributed by atoms with van der Waals surface area (Å²) in [4.78, 5) is 4.85. The second-order valence-electron chi connectivity index (χ2n) is 12.1. The third kappa shape index (κ3) is 3.70. The van der Waals surface area contributed by atoms with E-state index in [1.165, 1.54) is 60.5 Å². The monoisotopic (exact) mass is 541 g/mol. The lowest BCUT2D eigenvalue weighted by molar-refractivity contribution is 0.588. The minimum Gasteiger partial charge on any atom is -0.309 e. The topological polar surface area (TPSA) is 22.8 Å². The van der Waals surface area contributed by atoms with Crippen molar-refractivity contribution in [1.82, 2.24) is 14.1 Å². The van der Waals surface area contributed by atoms with Crippen LogP contribution in [0.1, 0.15) is 26.3 Å². The molecule has 42 heavy (non-hydrogen) atoms. The van der Waals surface area contributed by atoms with Gasteiger partial charge in [-0.15, -0.1) is 0 Å². The van der Waals surface area contributed by atoms with Crippen LogP contribution in [0, 0.1) is 0 Å². The smallest absolute Gasteiger partial charge is 0.137 e. The molecule has 0 aliphatic carbocycles. The molecule has 202 valence electrons. The first-order chi connectivity index (χ1) is 20.5. The van der Waals surface area contributed by atoms with Crippen molar-refractivity contribution in [1.29, 1.82) is 0 Å². The molecule has 0 radical (unpaired) electrons. The lowest BCUT2D eigenvalue weighted by Crippen LogP contribution is -2.12. The SMILES string of the molecule is CC(C)(C)c1ccnc(-n2c3ccccc3c3cc(-c4cccc5c6ccccc6n(-c6ccccc6)c45)ccc32)c1. The maximum atomic E-state index is 4.85. The van der Waals surface area contributed by atoms with Crippen LogP contribution >= 0.6 is 0 Å². The minimum absolute atomic E-state index is 0.0412. The Bertz CT molecular complexity index is 2280. The van der Waals surface area contributed by atoms with E-state index < -0.39 is 0 Å². The molecule has 8 rings (SSSR count). The van der Waals surface area contributed by atoms with Crippen LogP contribution in [0.25, 0.3) is 66.2 Å². The van der Waals surface area contributed by atoms with Gasteiger partial charge in [-0.1, -0.05) is 99.6 Å². The lowest BCUT2D eigenvalue weighted by Gasteiger charge is -2.20. The Balaban J connectivity index is 1.42. The van der Waals surface area contributed by atoms with Crippen molar-refractivity contribution in [3.05, 3.63) is 139 Å². The molecule has 0 atom stereocenters. The Morgan fingerprint density at radius 2 is 1.17 bits per heavy atom. The largest absolute Gasteiger partial charge is 0.309 e. The molecule has 0 saturated heterocycles. The van der Waals surface area contributed by atoms with Crippen molar-refractivity contribution < 1.29 is 0 Å². The van der Waals surface area contributed by atoms with Gasteiger partial charge in [0, 0.05) is 39.0 Å². The van der Waals surface area contributed by atoms with Gasteiger partial charge in [-0.2, -0.15) is 0 Å². The van der Waals surface area contributed by atoms with Crippen LogP contribution in [-0.2, 0) is 5.41 Å². The van der Waals surface area contributed by atoms with Crippen molar-refractivity contribution in [3.8, 4) is 22.6 Å². The molecule has 3 heterocycles. The first-order valence-corrected chi connectivity index (χ1v) is 14.6. The molecule has 8 aromatic rings. The standard InChI is InChI=1S/C39H31N3/c1-39(2,3)27-22-23-40-37(25-27)42-35-19-10-8-15-31(35)33-24-26(20-21-36(33)42)29-16-11-17-32-30-14-7-9-18-34(30)41(38(29)32)28-12-5-4-6-13-28/h4-25H,1-3H3. The minimum atomic E-state index is 0.0412. The molecule has 0 N–H and O–H groups in total. The van der Waals surface area contributed by atoms with E-state index in [4.69, 9.17) is 4.98 Å². The third-order valence-corrected chi connectivity index (χ3v) is 8.53. The summed E-state index contributed by atoms with van der Waals surface area (Å²) in [6.07, 6.45) is 1.94. The molecular weight excluding hydrogens is 510 g/mol. The predicted octanol–water partition coefficient (Wildman–Crippen LogP) is 10.2. The van der Waals surface area contributed by atoms with Crippen molar-refractivity contribution in [2.75, 3.05) is 0 Å². The lowest BCUT2D eigenvalue weighted by atomic mass is 9.88. The molecule has 3 heteroatoms. The number of para-hydroxylation sites is 4. The van der Waals surface area contributed by atoms with E-state index in [-0.39, 0.29) is 5.41 Å². The Labute approximate surface area is 245 Å². The summed E-state index contributed by atoms with van der Waals surface area (Å²) in [5.74, 6) is 0.952. The van der Waals surface area contributed by atoms with Gasteiger partial charge in [0.15, 0.2) is 0 Å². The number of benzene rings is 5. The van der Waals surface area contributed by atoms with E-state index in [0.717, 1.165) is 11.3 Å². The fourth-order valence-electron chi connectivity index (χ4n) is 6.49. The highest BCUT2D eigenvalue weighted by molar-refractivity contribution is 6.15. The van der Waals surface area contributed by atoms with Crippen molar-refractivity contribution in [3.63, 3.8) is 0 Å². The van der Waals surface area contributed by atoms with Gasteiger partial charge < -0.3 is 4.57 Å². The highest BCUT2D eigenvalue weighted by atomic mass is 15.1. The van der Waals surface area contributed by atoms with Crippen LogP contribution < -0.4 is 0 Å². The van der Waals surface area contributed by atoms with Gasteiger partial charge in [-0.3, -0.25) is 4.57 Å². The molecule has 3 nitrogen and oxygen atoms in total. The molecule has 5 aromatic carbocycles. The summed E-state index contributed by atoms with van der Waals surface area (Å²) in [5, 5.41) is 4.98. The number of rotatable bonds is 3. The van der Waals surface area contributed by atoms with E-state index in [1.807, 2.05) is 6.20 Å². The van der Waals surface area contributed by atoms with Crippen LogP contribution in [0.5, 0.6) is 0 Å². The fourth-order valence-corrected chi connectivity index (χ4v) is 6.49. The van der Waals surface area contributed by atoms with Gasteiger partial charge in [0.25, 0.3) is 0 Å². The van der Waals surface area contributed by atoms with E-state index >= 15 is 0 Å². The van der Waals surface area contributed by atoms with E-state index in [1.54, 1.807) is 0 Å². The van der Waals surface area contributed by atoms with Crippen LogP contribution in [-0.4, -0.2) is 14.1 Å². The normalized spacial score (nSPS) is 12.2. The molecule has 0 saturated carbocycles. The summed E-state index contributed by atoms with van der Waals surface area (Å²) in [5.41, 5.74) is 9.68. The summed E-state index contributed by atoms with van der Waals surface area (Å²) in [7, 11) is 0. The molecule has 0 spiro atoms. The zero-order chi connectivity index (χ0) is 28.4. The van der Waals surface area contributed by atoms with Crippen LogP contribution in [0.2, 0.25) is 0 Å². The number of nitrogens with zero attached hydrogens (tertiary/aromatic N) is 3. The Morgan fingerprint density at radius 3 is 1.93 bits per heavy atom. The summed E-state index contributed by atoms with van der Waals surface area (Å²) >= 11 is 0. The zero-order valence-corrected chi connectivity index (χ0v) is 24.0. The summed E-state index contributed by atoms with van der Waals surface area (Å²) in [6, 6.07) is 46.0. The van der Waals surface area contributed by atoms with Crippen LogP contribution in [0.4, 0.5) is 0 Å². The maximum absolute atomic E-state index is 4.85. The average molecular weight is 542 g/mol. The second kappa shape index (κ2) is 9.19. The fraction of sp³-hybridized carbons (Fsp3) is 0.103. The van der Waals surface area contributed by atoms with Crippen molar-refractivity contribution in [2.45, 2.75) is 26.2 Å². The highest BCUT2D eigenvalue weighted by Crippen LogP contribution is 2.40. The molecule has 0 aliphatic rings. The number of aromatic nitrogens is 3. The molecule has 0 amide bonds. The average Bonchev–Trinajstić information content (AvgIpc) is 3.54. The Morgan fingerprint density at radius 1 is 0.524 bits per heavy atom. The van der Waals surface area contributed by atoms with E-state index in [0.29, 0.717) is 0 Å². The van der Waals surface area contributed by atoms with Gasteiger partial charge in [-0.05, 0) is 65.1 Å².